The molecule has 0 amide bonds. The van der Waals surface area contributed by atoms with Crippen LogP contribution >= 0.6 is 19.4 Å². The molecule has 1 unspecified atom stereocenters. The highest BCUT2D eigenvalue weighted by Gasteiger charge is 2.46. The van der Waals surface area contributed by atoms with Gasteiger partial charge in [-0.1, -0.05) is 23.7 Å². The van der Waals surface area contributed by atoms with E-state index >= 15 is 0 Å². The van der Waals surface area contributed by atoms with Gasteiger partial charge in [0.1, 0.15) is 42.0 Å². The van der Waals surface area contributed by atoms with Crippen molar-refractivity contribution in [3.05, 3.63) is 53.4 Å². The Kier molecular flexibility index (Phi) is 7.77. The summed E-state index contributed by atoms with van der Waals surface area (Å²) >= 11 is 6.04. The molecule has 0 aliphatic carbocycles. The van der Waals surface area contributed by atoms with Crippen molar-refractivity contribution in [3.63, 3.8) is 0 Å². The number of aliphatic hydroxyl groups excluding tert-OH is 2. The van der Waals surface area contributed by atoms with Crippen LogP contribution in [0.15, 0.2) is 42.9 Å². The third-order valence-corrected chi connectivity index (χ3v) is 8.27. The fourth-order valence-corrected chi connectivity index (χ4v) is 6.16. The van der Waals surface area contributed by atoms with Gasteiger partial charge in [0.15, 0.2) is 6.23 Å². The second-order valence-corrected chi connectivity index (χ2v) is 12.2. The van der Waals surface area contributed by atoms with Gasteiger partial charge in [-0.25, -0.2) is 14.5 Å². The number of anilines is 1. The largest absolute Gasteiger partial charge is 0.475 e. The molecular formula is C21H24ClN4O10PS. The van der Waals surface area contributed by atoms with Crippen LogP contribution < -0.4 is 5.32 Å². The predicted molar refractivity (Wildman–Crippen MR) is 133 cm³/mol. The first-order valence-electron chi connectivity index (χ1n) is 11.4. The number of nitrogens with one attached hydrogen (secondary N) is 1. The summed E-state index contributed by atoms with van der Waals surface area (Å²) in [4.78, 5) is 8.12. The van der Waals surface area contributed by atoms with Crippen molar-refractivity contribution in [2.24, 2.45) is 0 Å². The average molecular weight is 591 g/mol. The molecule has 6 atom stereocenters. The first-order valence-corrected chi connectivity index (χ1v) is 14.8. The minimum absolute atomic E-state index is 0.108. The quantitative estimate of drug-likeness (QED) is 0.221. The topological polar surface area (TPSA) is 192 Å². The van der Waals surface area contributed by atoms with Crippen LogP contribution in [-0.4, -0.2) is 75.1 Å². The van der Waals surface area contributed by atoms with Gasteiger partial charge < -0.3 is 24.8 Å². The maximum Gasteiger partial charge on any atom is 0.475 e. The molecule has 4 heterocycles. The number of nitrogens with zero attached hydrogens (tertiary/aromatic N) is 3. The molecule has 2 aromatic heterocycles. The monoisotopic (exact) mass is 590 g/mol. The van der Waals surface area contributed by atoms with Gasteiger partial charge in [-0.2, -0.15) is 8.42 Å². The van der Waals surface area contributed by atoms with Crippen molar-refractivity contribution in [2.45, 2.75) is 37.1 Å². The second kappa shape index (κ2) is 10.8. The molecule has 2 aliphatic rings. The normalized spacial score (nSPS) is 30.1. The lowest BCUT2D eigenvalue weighted by Crippen LogP contribution is -2.34. The summed E-state index contributed by atoms with van der Waals surface area (Å²) in [5.74, 6) is -0.647. The molecule has 0 radical (unpaired) electrons. The fourth-order valence-electron chi connectivity index (χ4n) is 4.25. The highest BCUT2D eigenvalue weighted by Crippen LogP contribution is 2.57. The Balaban J connectivity index is 1.27. The van der Waals surface area contributed by atoms with Gasteiger partial charge in [-0.15, -0.1) is 0 Å². The fraction of sp³-hybridized carbons (Fsp3) is 0.429. The van der Waals surface area contributed by atoms with Crippen LogP contribution in [0.1, 0.15) is 24.3 Å². The summed E-state index contributed by atoms with van der Waals surface area (Å²) in [6.45, 7) is -0.305. The van der Waals surface area contributed by atoms with Gasteiger partial charge in [0, 0.05) is 17.6 Å². The van der Waals surface area contributed by atoms with E-state index in [1.165, 1.54) is 10.8 Å². The van der Waals surface area contributed by atoms with Crippen molar-refractivity contribution >= 4 is 46.4 Å². The van der Waals surface area contributed by atoms with E-state index in [-0.39, 0.29) is 18.1 Å². The number of hydrogen-bond donors (Lipinski definition) is 4. The van der Waals surface area contributed by atoms with Gasteiger partial charge >= 0.3 is 7.82 Å². The second-order valence-electron chi connectivity index (χ2n) is 8.65. The zero-order chi connectivity index (χ0) is 27.1. The molecule has 4 N–H and O–H groups in total. The van der Waals surface area contributed by atoms with Crippen molar-refractivity contribution in [3.8, 4) is 0 Å². The minimum Gasteiger partial charge on any atom is -0.387 e. The van der Waals surface area contributed by atoms with Crippen molar-refractivity contribution in [1.29, 1.82) is 0 Å². The molecular weight excluding hydrogens is 567 g/mol. The minimum atomic E-state index is -4.30. The Bertz CT molecular complexity index is 1470. The number of fused-ring (bicyclic) bond motifs is 1. The first-order chi connectivity index (χ1) is 18.0. The zero-order valence-electron chi connectivity index (χ0n) is 19.5. The Morgan fingerprint density at radius 1 is 1.24 bits per heavy atom. The smallest absolute Gasteiger partial charge is 0.387 e. The summed E-state index contributed by atoms with van der Waals surface area (Å²) in [6, 6.07) is 8.48. The summed E-state index contributed by atoms with van der Waals surface area (Å²) in [5.41, 5.74) is 0.968. The molecule has 0 spiro atoms. The SMILES string of the molecule is O=P1(OC[C@H]2O[C@@H](n3ccc4c(NCS(=O)(=O)O)ncnc43)[C@H](O)[C@@H]2O)OCC[C@@H](c2cccc(Cl)c2)O1. The summed E-state index contributed by atoms with van der Waals surface area (Å²) in [7, 11) is -8.32. The van der Waals surface area contributed by atoms with E-state index < -0.39 is 61.1 Å². The van der Waals surface area contributed by atoms with Crippen LogP contribution in [0.25, 0.3) is 11.0 Å². The highest BCUT2D eigenvalue weighted by molar-refractivity contribution is 7.85. The Morgan fingerprint density at radius 3 is 2.82 bits per heavy atom. The summed E-state index contributed by atoms with van der Waals surface area (Å²) in [5, 5.41) is 24.7. The van der Waals surface area contributed by atoms with E-state index in [9.17, 15) is 23.2 Å². The molecule has 206 valence electrons. The number of halogens is 1. The highest BCUT2D eigenvalue weighted by atomic mass is 35.5. The van der Waals surface area contributed by atoms with Crippen LogP contribution in [0.4, 0.5) is 5.82 Å². The number of aliphatic hydroxyl groups is 2. The van der Waals surface area contributed by atoms with E-state index in [1.54, 1.807) is 30.3 Å². The average Bonchev–Trinajstić information content (AvgIpc) is 3.42. The summed E-state index contributed by atoms with van der Waals surface area (Å²) in [6.07, 6.45) is -2.54. The van der Waals surface area contributed by atoms with Gasteiger partial charge in [-0.05, 0) is 23.8 Å². The molecule has 5 rings (SSSR count). The lowest BCUT2D eigenvalue weighted by Gasteiger charge is -2.29. The lowest BCUT2D eigenvalue weighted by molar-refractivity contribution is -0.0576. The van der Waals surface area contributed by atoms with Gasteiger partial charge in [-0.3, -0.25) is 18.1 Å². The van der Waals surface area contributed by atoms with Crippen LogP contribution in [0.5, 0.6) is 0 Å². The van der Waals surface area contributed by atoms with Crippen molar-refractivity contribution < 1.29 is 46.1 Å². The van der Waals surface area contributed by atoms with E-state index in [0.717, 1.165) is 6.33 Å². The molecule has 1 aromatic carbocycles. The predicted octanol–water partition coefficient (Wildman–Crippen LogP) is 2.26. The molecule has 2 fully saturated rings. The number of phosphoric ester groups is 1. The van der Waals surface area contributed by atoms with E-state index in [4.69, 9.17) is 34.5 Å². The molecule has 38 heavy (non-hydrogen) atoms. The van der Waals surface area contributed by atoms with Crippen LogP contribution in [0, 0.1) is 0 Å². The van der Waals surface area contributed by atoms with E-state index in [1.807, 2.05) is 0 Å². The number of rotatable bonds is 8. The Morgan fingerprint density at radius 2 is 2.05 bits per heavy atom. The number of hydrogen-bond acceptors (Lipinski definition) is 12. The maximum absolute atomic E-state index is 13.1. The molecule has 14 nitrogen and oxygen atoms in total. The number of aromatic nitrogens is 3. The molecule has 0 bridgehead atoms. The van der Waals surface area contributed by atoms with Crippen molar-refractivity contribution in [2.75, 3.05) is 24.4 Å². The maximum atomic E-state index is 13.1. The van der Waals surface area contributed by atoms with Crippen molar-refractivity contribution in [1.82, 2.24) is 14.5 Å². The van der Waals surface area contributed by atoms with Crippen LogP contribution in [0.3, 0.4) is 0 Å². The summed E-state index contributed by atoms with van der Waals surface area (Å²) < 4.78 is 67.9. The first kappa shape index (κ1) is 27.4. The molecule has 17 heteroatoms. The van der Waals surface area contributed by atoms with E-state index in [2.05, 4.69) is 15.3 Å². The molecule has 2 aliphatic heterocycles. The third kappa shape index (κ3) is 5.87. The molecule has 3 aromatic rings. The Hall–Kier alpha value is -2.17. The zero-order valence-corrected chi connectivity index (χ0v) is 22.0. The molecule has 0 saturated carbocycles. The van der Waals surface area contributed by atoms with E-state index in [0.29, 0.717) is 22.4 Å². The lowest BCUT2D eigenvalue weighted by atomic mass is 10.1. The number of ether oxygens (including phenoxy) is 1. The number of benzene rings is 1. The Labute approximate surface area is 221 Å². The van der Waals surface area contributed by atoms with Gasteiger partial charge in [0.05, 0.1) is 24.7 Å². The van der Waals surface area contributed by atoms with Crippen LogP contribution in [-0.2, 0) is 33.0 Å². The van der Waals surface area contributed by atoms with Gasteiger partial charge in [0.2, 0.25) is 0 Å². The van der Waals surface area contributed by atoms with Crippen LogP contribution in [0.2, 0.25) is 5.02 Å². The molecule has 2 saturated heterocycles. The number of phosphoric acid groups is 1. The third-order valence-electron chi connectivity index (χ3n) is 6.05. The van der Waals surface area contributed by atoms with Gasteiger partial charge in [0.25, 0.3) is 10.1 Å². The standard InChI is InChI=1S/C21H24ClN4O10PS/c22-13-3-1-2-12(8-13)15-5-7-33-37(29,36-15)34-9-16-17(27)18(28)21(35-16)26-6-4-14-19(23-10-24-20(14)26)25-11-38(30,31)32/h1-4,6,8,10,15-18,21,27-28H,5,7,9,11H2,(H,23,24,25)(H,30,31,32)/t15-,16+,17+,18+,21+,37?/m0/s1.